The molecule has 19 heavy (non-hydrogen) atoms. The topological polar surface area (TPSA) is 53.1 Å². The van der Waals surface area contributed by atoms with Crippen LogP contribution in [0.5, 0.6) is 0 Å². The predicted molar refractivity (Wildman–Crippen MR) is 78.1 cm³/mol. The molecular formula is C14H21ClFN3. The molecule has 106 valence electrons. The minimum atomic E-state index is -0.393. The monoisotopic (exact) mass is 285 g/mol. The Bertz CT molecular complexity index is 435. The molecule has 0 radical (unpaired) electrons. The van der Waals surface area contributed by atoms with Crippen LogP contribution in [-0.4, -0.2) is 23.8 Å². The minimum absolute atomic E-state index is 0.166. The van der Waals surface area contributed by atoms with Crippen molar-refractivity contribution in [3.63, 3.8) is 0 Å². The number of nitrogens with one attached hydrogen (secondary N) is 1. The Labute approximate surface area is 119 Å². The summed E-state index contributed by atoms with van der Waals surface area (Å²) in [5.41, 5.74) is 6.16. The van der Waals surface area contributed by atoms with Crippen LogP contribution in [0.2, 0.25) is 5.02 Å². The normalized spacial score (nSPS) is 11.3. The molecule has 0 unspecified atom stereocenters. The van der Waals surface area contributed by atoms with Crippen molar-refractivity contribution in [1.29, 1.82) is 5.41 Å². The van der Waals surface area contributed by atoms with Crippen molar-refractivity contribution in [2.45, 2.75) is 26.8 Å². The number of halogens is 2. The molecule has 0 aliphatic carbocycles. The van der Waals surface area contributed by atoms with Gasteiger partial charge in [0.05, 0.1) is 10.9 Å². The first-order valence-electron chi connectivity index (χ1n) is 6.38. The molecule has 1 rings (SSSR count). The zero-order chi connectivity index (χ0) is 14.4. The van der Waals surface area contributed by atoms with E-state index < -0.39 is 5.82 Å². The maximum atomic E-state index is 13.4. The van der Waals surface area contributed by atoms with E-state index in [0.717, 1.165) is 12.1 Å². The molecule has 0 amide bonds. The van der Waals surface area contributed by atoms with Crippen LogP contribution in [0, 0.1) is 17.1 Å². The van der Waals surface area contributed by atoms with Gasteiger partial charge in [0.25, 0.3) is 0 Å². The third-order valence-corrected chi connectivity index (χ3v) is 3.17. The van der Waals surface area contributed by atoms with E-state index in [1.807, 2.05) is 6.07 Å². The second-order valence-electron chi connectivity index (χ2n) is 5.12. The fraction of sp³-hybridized carbons (Fsp3) is 0.500. The van der Waals surface area contributed by atoms with Crippen molar-refractivity contribution >= 4 is 17.4 Å². The Morgan fingerprint density at radius 1 is 1.47 bits per heavy atom. The lowest BCUT2D eigenvalue weighted by molar-refractivity contribution is 0.242. The van der Waals surface area contributed by atoms with Gasteiger partial charge < -0.3 is 5.73 Å². The van der Waals surface area contributed by atoms with Crippen molar-refractivity contribution in [3.05, 3.63) is 34.6 Å². The average molecular weight is 286 g/mol. The van der Waals surface area contributed by atoms with Crippen LogP contribution in [0.4, 0.5) is 4.39 Å². The van der Waals surface area contributed by atoms with Gasteiger partial charge in [0, 0.05) is 26.1 Å². The minimum Gasteiger partial charge on any atom is -0.388 e. The number of hydrogen-bond acceptors (Lipinski definition) is 2. The largest absolute Gasteiger partial charge is 0.388 e. The highest BCUT2D eigenvalue weighted by molar-refractivity contribution is 6.31. The van der Waals surface area contributed by atoms with Gasteiger partial charge in [0.15, 0.2) is 0 Å². The van der Waals surface area contributed by atoms with Crippen molar-refractivity contribution in [2.24, 2.45) is 11.7 Å². The fourth-order valence-corrected chi connectivity index (χ4v) is 2.13. The van der Waals surface area contributed by atoms with Crippen LogP contribution in [0.25, 0.3) is 0 Å². The number of rotatable bonds is 7. The van der Waals surface area contributed by atoms with Gasteiger partial charge in [-0.05, 0) is 17.5 Å². The Morgan fingerprint density at radius 3 is 2.74 bits per heavy atom. The quantitative estimate of drug-likeness (QED) is 0.597. The van der Waals surface area contributed by atoms with Crippen LogP contribution in [0.15, 0.2) is 18.2 Å². The van der Waals surface area contributed by atoms with Gasteiger partial charge in [-0.15, -0.1) is 0 Å². The maximum Gasteiger partial charge on any atom is 0.142 e. The van der Waals surface area contributed by atoms with E-state index in [1.165, 1.54) is 6.07 Å². The van der Waals surface area contributed by atoms with Crippen LogP contribution in [0.3, 0.4) is 0 Å². The molecule has 0 aromatic heterocycles. The molecule has 0 bridgehead atoms. The summed E-state index contributed by atoms with van der Waals surface area (Å²) in [6.07, 6.45) is 0.514. The molecule has 3 nitrogen and oxygen atoms in total. The number of benzene rings is 1. The van der Waals surface area contributed by atoms with E-state index in [4.69, 9.17) is 22.7 Å². The second-order valence-corrected chi connectivity index (χ2v) is 5.50. The van der Waals surface area contributed by atoms with Crippen molar-refractivity contribution in [1.82, 2.24) is 4.90 Å². The molecule has 0 atom stereocenters. The van der Waals surface area contributed by atoms with Gasteiger partial charge in [-0.2, -0.15) is 0 Å². The van der Waals surface area contributed by atoms with Crippen molar-refractivity contribution in [2.75, 3.05) is 13.1 Å². The summed E-state index contributed by atoms with van der Waals surface area (Å²) in [5, 5.41) is 7.47. The number of amidine groups is 1. The number of nitrogens with two attached hydrogens (primary N) is 1. The Hall–Kier alpha value is -1.13. The summed E-state index contributed by atoms with van der Waals surface area (Å²) >= 11 is 5.97. The summed E-state index contributed by atoms with van der Waals surface area (Å²) in [6.45, 7) is 6.35. The predicted octanol–water partition coefficient (Wildman–Crippen LogP) is 3.26. The Morgan fingerprint density at radius 2 is 2.16 bits per heavy atom. The molecular weight excluding hydrogens is 265 g/mol. The van der Waals surface area contributed by atoms with Crippen molar-refractivity contribution in [3.8, 4) is 0 Å². The van der Waals surface area contributed by atoms with Gasteiger partial charge >= 0.3 is 0 Å². The molecule has 5 heteroatoms. The van der Waals surface area contributed by atoms with Crippen LogP contribution in [-0.2, 0) is 6.54 Å². The highest BCUT2D eigenvalue weighted by Gasteiger charge is 2.12. The fourth-order valence-electron chi connectivity index (χ4n) is 1.94. The summed E-state index contributed by atoms with van der Waals surface area (Å²) in [7, 11) is 0. The van der Waals surface area contributed by atoms with Crippen LogP contribution < -0.4 is 5.73 Å². The van der Waals surface area contributed by atoms with Gasteiger partial charge in [-0.25, -0.2) is 4.39 Å². The lowest BCUT2D eigenvalue weighted by Crippen LogP contribution is -2.31. The molecule has 0 heterocycles. The molecule has 1 aromatic rings. The molecule has 0 spiro atoms. The van der Waals surface area contributed by atoms with E-state index in [2.05, 4.69) is 18.7 Å². The summed E-state index contributed by atoms with van der Waals surface area (Å²) in [6, 6.07) is 4.84. The molecule has 0 saturated heterocycles. The van der Waals surface area contributed by atoms with Gasteiger partial charge in [-0.1, -0.05) is 37.6 Å². The van der Waals surface area contributed by atoms with Gasteiger partial charge in [0.1, 0.15) is 5.82 Å². The number of hydrogen-bond donors (Lipinski definition) is 2. The zero-order valence-electron chi connectivity index (χ0n) is 11.4. The van der Waals surface area contributed by atoms with Crippen molar-refractivity contribution < 1.29 is 4.39 Å². The zero-order valence-corrected chi connectivity index (χ0v) is 12.2. The molecule has 0 fully saturated rings. The van der Waals surface area contributed by atoms with Crippen LogP contribution in [0.1, 0.15) is 25.8 Å². The maximum absolute atomic E-state index is 13.4. The van der Waals surface area contributed by atoms with E-state index in [0.29, 0.717) is 25.4 Å². The highest BCUT2D eigenvalue weighted by Crippen LogP contribution is 2.21. The Balaban J connectivity index is 2.75. The van der Waals surface area contributed by atoms with E-state index >= 15 is 0 Å². The highest BCUT2D eigenvalue weighted by atomic mass is 35.5. The number of nitrogens with zero attached hydrogens (tertiary/aromatic N) is 1. The van der Waals surface area contributed by atoms with Gasteiger partial charge in [-0.3, -0.25) is 10.3 Å². The Kier molecular flexibility index (Phi) is 6.25. The first kappa shape index (κ1) is 15.9. The second kappa shape index (κ2) is 7.46. The third kappa shape index (κ3) is 5.57. The van der Waals surface area contributed by atoms with E-state index in [-0.39, 0.29) is 10.9 Å². The molecule has 0 aliphatic heterocycles. The molecule has 0 saturated carbocycles. The van der Waals surface area contributed by atoms with Crippen LogP contribution >= 0.6 is 11.6 Å². The van der Waals surface area contributed by atoms with Gasteiger partial charge in [0.2, 0.25) is 0 Å². The molecule has 3 N–H and O–H groups in total. The van der Waals surface area contributed by atoms with E-state index in [9.17, 15) is 4.39 Å². The first-order chi connectivity index (χ1) is 8.90. The third-order valence-electron chi connectivity index (χ3n) is 2.75. The standard InChI is InChI=1S/C14H21ClFN3/c1-10(2)8-19(7-6-13(17)18)9-11-4-3-5-12(16)14(11)15/h3-5,10H,6-9H2,1-2H3,(H3,17,18). The smallest absolute Gasteiger partial charge is 0.142 e. The summed E-state index contributed by atoms with van der Waals surface area (Å²) in [5.74, 6) is 0.258. The molecule has 0 aliphatic rings. The summed E-state index contributed by atoms with van der Waals surface area (Å²) < 4.78 is 13.4. The summed E-state index contributed by atoms with van der Waals surface area (Å²) in [4.78, 5) is 2.15. The molecule has 1 aromatic carbocycles. The SMILES string of the molecule is CC(C)CN(CCC(=N)N)Cc1cccc(F)c1Cl. The lowest BCUT2D eigenvalue weighted by Gasteiger charge is -2.24. The average Bonchev–Trinajstić information content (AvgIpc) is 2.31. The first-order valence-corrected chi connectivity index (χ1v) is 6.76. The van der Waals surface area contributed by atoms with E-state index in [1.54, 1.807) is 6.07 Å². The lowest BCUT2D eigenvalue weighted by atomic mass is 10.1.